The van der Waals surface area contributed by atoms with Gasteiger partial charge in [-0.25, -0.2) is 13.8 Å². The van der Waals surface area contributed by atoms with Crippen LogP contribution in [0.3, 0.4) is 0 Å². The summed E-state index contributed by atoms with van der Waals surface area (Å²) in [6, 6.07) is 17.0. The van der Waals surface area contributed by atoms with E-state index in [2.05, 4.69) is 26.5 Å². The number of ether oxygens (including phenoxy) is 5. The molecule has 0 aliphatic carbocycles. The van der Waals surface area contributed by atoms with Crippen LogP contribution in [-0.4, -0.2) is 55.5 Å². The zero-order chi connectivity index (χ0) is 35.0. The molecule has 16 heteroatoms. The third-order valence-electron chi connectivity index (χ3n) is 6.66. The Bertz CT molecular complexity index is 1950. The first kappa shape index (κ1) is 36.9. The standard InChI is InChI=1S/C32H29BrCl3N3O8S/c1-43-27-9-6-21(34)14-26(27)39(48(41,42)22-7-10-28(44-2)29(15-22)45-3)17-31(40)38-37-16-20-11-23(33)32(30(13-20)46-4)47-18-19-5-8-24(35)25(36)12-19/h5-16H,17-18H2,1-4H3,(H,38,40). The lowest BCUT2D eigenvalue weighted by Gasteiger charge is -2.25. The van der Waals surface area contributed by atoms with Gasteiger partial charge in [0.15, 0.2) is 23.0 Å². The van der Waals surface area contributed by atoms with E-state index in [0.29, 0.717) is 37.3 Å². The Hall–Kier alpha value is -3.88. The van der Waals surface area contributed by atoms with Gasteiger partial charge in [0.25, 0.3) is 15.9 Å². The molecular weight excluding hydrogens is 773 g/mol. The number of sulfonamides is 1. The summed E-state index contributed by atoms with van der Waals surface area (Å²) in [6.07, 6.45) is 1.36. The smallest absolute Gasteiger partial charge is 0.265 e. The fourth-order valence-corrected chi connectivity index (χ4v) is 6.85. The maximum absolute atomic E-state index is 14.0. The predicted molar refractivity (Wildman–Crippen MR) is 189 cm³/mol. The summed E-state index contributed by atoms with van der Waals surface area (Å²) >= 11 is 21.8. The van der Waals surface area contributed by atoms with Crippen LogP contribution in [0.5, 0.6) is 28.7 Å². The number of amides is 1. The number of benzene rings is 4. The first-order chi connectivity index (χ1) is 22.9. The number of methoxy groups -OCH3 is 4. The molecule has 0 unspecified atom stereocenters. The first-order valence-electron chi connectivity index (χ1n) is 13.8. The summed E-state index contributed by atoms with van der Waals surface area (Å²) in [7, 11) is 1.27. The monoisotopic (exact) mass is 799 g/mol. The molecule has 254 valence electrons. The molecule has 0 aromatic heterocycles. The highest BCUT2D eigenvalue weighted by Crippen LogP contribution is 2.38. The van der Waals surface area contributed by atoms with E-state index in [1.807, 2.05) is 0 Å². The SMILES string of the molecule is COc1ccc(S(=O)(=O)N(CC(=O)NN=Cc2cc(Br)c(OCc3ccc(Cl)c(Cl)c3)c(OC)c2)c2cc(Cl)ccc2OC)cc1OC. The quantitative estimate of drug-likeness (QED) is 0.104. The first-order valence-corrected chi connectivity index (χ1v) is 17.1. The van der Waals surface area contributed by atoms with Gasteiger partial charge >= 0.3 is 0 Å². The van der Waals surface area contributed by atoms with E-state index in [4.69, 9.17) is 58.5 Å². The lowest BCUT2D eigenvalue weighted by Crippen LogP contribution is -2.39. The minimum atomic E-state index is -4.39. The van der Waals surface area contributed by atoms with Crippen molar-refractivity contribution in [2.24, 2.45) is 5.10 Å². The van der Waals surface area contributed by atoms with Crippen molar-refractivity contribution in [1.82, 2.24) is 5.43 Å². The third-order valence-corrected chi connectivity index (χ3v) is 9.98. The second-order valence-corrected chi connectivity index (χ2v) is 13.7. The van der Waals surface area contributed by atoms with Crippen molar-refractivity contribution < 1.29 is 36.9 Å². The Labute approximate surface area is 301 Å². The van der Waals surface area contributed by atoms with Gasteiger partial charge in [0.2, 0.25) is 0 Å². The summed E-state index contributed by atoms with van der Waals surface area (Å²) in [5, 5.41) is 5.09. The minimum Gasteiger partial charge on any atom is -0.495 e. The number of anilines is 1. The van der Waals surface area contributed by atoms with E-state index < -0.39 is 22.5 Å². The molecule has 0 heterocycles. The maximum atomic E-state index is 14.0. The lowest BCUT2D eigenvalue weighted by molar-refractivity contribution is -0.119. The van der Waals surface area contributed by atoms with Gasteiger partial charge in [-0.1, -0.05) is 40.9 Å². The van der Waals surface area contributed by atoms with Gasteiger partial charge in [0, 0.05) is 11.1 Å². The highest BCUT2D eigenvalue weighted by atomic mass is 79.9. The van der Waals surface area contributed by atoms with E-state index in [-0.39, 0.29) is 33.7 Å². The molecule has 0 bridgehead atoms. The molecule has 48 heavy (non-hydrogen) atoms. The molecule has 4 rings (SSSR count). The molecule has 0 saturated heterocycles. The van der Waals surface area contributed by atoms with E-state index in [1.165, 1.54) is 71.1 Å². The molecule has 0 saturated carbocycles. The number of hydrogen-bond acceptors (Lipinski definition) is 9. The van der Waals surface area contributed by atoms with Gasteiger partial charge in [0.1, 0.15) is 18.9 Å². The van der Waals surface area contributed by atoms with Crippen LogP contribution in [0.4, 0.5) is 5.69 Å². The second-order valence-electron chi connectivity index (χ2n) is 9.71. The van der Waals surface area contributed by atoms with Crippen LogP contribution >= 0.6 is 50.7 Å². The van der Waals surface area contributed by atoms with Crippen molar-refractivity contribution in [3.05, 3.63) is 97.4 Å². The number of nitrogens with zero attached hydrogens (tertiary/aromatic N) is 2. The summed E-state index contributed by atoms with van der Waals surface area (Å²) < 4.78 is 56.8. The molecular formula is C32H29BrCl3N3O8S. The van der Waals surface area contributed by atoms with E-state index >= 15 is 0 Å². The highest BCUT2D eigenvalue weighted by molar-refractivity contribution is 9.10. The fourth-order valence-electron chi connectivity index (χ4n) is 4.35. The number of hydrogen-bond donors (Lipinski definition) is 1. The van der Waals surface area contributed by atoms with Gasteiger partial charge in [-0.05, 0) is 81.7 Å². The van der Waals surface area contributed by atoms with Crippen LogP contribution in [0.25, 0.3) is 0 Å². The molecule has 0 fully saturated rings. The molecule has 4 aromatic rings. The van der Waals surface area contributed by atoms with E-state index in [9.17, 15) is 13.2 Å². The van der Waals surface area contributed by atoms with Gasteiger partial charge in [-0.15, -0.1) is 0 Å². The third kappa shape index (κ3) is 8.77. The number of hydrazone groups is 1. The van der Waals surface area contributed by atoms with Crippen molar-refractivity contribution in [1.29, 1.82) is 0 Å². The van der Waals surface area contributed by atoms with Crippen molar-refractivity contribution in [2.45, 2.75) is 11.5 Å². The van der Waals surface area contributed by atoms with Crippen LogP contribution in [0.15, 0.2) is 81.2 Å². The molecule has 0 atom stereocenters. The molecule has 1 N–H and O–H groups in total. The zero-order valence-electron chi connectivity index (χ0n) is 25.9. The highest BCUT2D eigenvalue weighted by Gasteiger charge is 2.31. The van der Waals surface area contributed by atoms with Gasteiger partial charge in [-0.3, -0.25) is 9.10 Å². The number of halogens is 4. The van der Waals surface area contributed by atoms with Crippen LogP contribution in [0.1, 0.15) is 11.1 Å². The van der Waals surface area contributed by atoms with Crippen LogP contribution in [0.2, 0.25) is 15.1 Å². The minimum absolute atomic E-state index is 0.0315. The zero-order valence-corrected chi connectivity index (χ0v) is 30.6. The van der Waals surface area contributed by atoms with Crippen molar-refractivity contribution >= 4 is 78.6 Å². The van der Waals surface area contributed by atoms with Crippen molar-refractivity contribution in [3.63, 3.8) is 0 Å². The Morgan fingerprint density at radius 2 is 1.52 bits per heavy atom. The summed E-state index contributed by atoms with van der Waals surface area (Å²) in [5.41, 5.74) is 3.73. The van der Waals surface area contributed by atoms with Crippen LogP contribution in [-0.2, 0) is 21.4 Å². The Morgan fingerprint density at radius 3 is 2.19 bits per heavy atom. The fraction of sp³-hybridized carbons (Fsp3) is 0.188. The Kier molecular flexibility index (Phi) is 12.7. The maximum Gasteiger partial charge on any atom is 0.265 e. The molecule has 0 aliphatic heterocycles. The van der Waals surface area contributed by atoms with E-state index in [0.717, 1.165) is 9.87 Å². The summed E-state index contributed by atoms with van der Waals surface area (Å²) in [5.74, 6) is 0.722. The van der Waals surface area contributed by atoms with Crippen LogP contribution < -0.4 is 33.4 Å². The number of carbonyl (C=O) groups is 1. The molecule has 0 radical (unpaired) electrons. The number of carbonyl (C=O) groups excluding carboxylic acids is 1. The molecule has 4 aromatic carbocycles. The normalized spacial score (nSPS) is 11.2. The predicted octanol–water partition coefficient (Wildman–Crippen LogP) is 7.37. The van der Waals surface area contributed by atoms with Gasteiger partial charge in [0.05, 0.1) is 59.8 Å². The Balaban J connectivity index is 1.56. The van der Waals surface area contributed by atoms with Crippen molar-refractivity contribution in [2.75, 3.05) is 39.3 Å². The summed E-state index contributed by atoms with van der Waals surface area (Å²) in [4.78, 5) is 13.0. The van der Waals surface area contributed by atoms with Crippen LogP contribution in [0, 0.1) is 0 Å². The van der Waals surface area contributed by atoms with Crippen molar-refractivity contribution in [3.8, 4) is 28.7 Å². The summed E-state index contributed by atoms with van der Waals surface area (Å²) in [6.45, 7) is -0.491. The molecule has 11 nitrogen and oxygen atoms in total. The molecule has 0 aliphatic rings. The van der Waals surface area contributed by atoms with Gasteiger partial charge in [-0.2, -0.15) is 5.10 Å². The lowest BCUT2D eigenvalue weighted by atomic mass is 10.2. The van der Waals surface area contributed by atoms with E-state index in [1.54, 1.807) is 30.3 Å². The topological polar surface area (TPSA) is 125 Å². The molecule has 1 amide bonds. The number of nitrogens with one attached hydrogen (secondary N) is 1. The average Bonchev–Trinajstić information content (AvgIpc) is 3.07. The number of rotatable bonds is 14. The Morgan fingerprint density at radius 1 is 0.833 bits per heavy atom. The van der Waals surface area contributed by atoms with Gasteiger partial charge < -0.3 is 23.7 Å². The second kappa shape index (κ2) is 16.5. The molecule has 0 spiro atoms. The largest absolute Gasteiger partial charge is 0.495 e. The average molecular weight is 802 g/mol.